The van der Waals surface area contributed by atoms with Gasteiger partial charge in [-0.05, 0) is 111 Å². The van der Waals surface area contributed by atoms with Gasteiger partial charge in [0.1, 0.15) is 17.8 Å². The molecular formula is C33H56O11S2. The van der Waals surface area contributed by atoms with Gasteiger partial charge in [0.2, 0.25) is 0 Å². The minimum absolute atomic E-state index is 0.0169. The molecule has 13 heteroatoms. The molecule has 2 aliphatic heterocycles. The zero-order valence-electron chi connectivity index (χ0n) is 28.5. The number of rotatable bonds is 10. The van der Waals surface area contributed by atoms with Crippen LogP contribution in [0.15, 0.2) is 0 Å². The fourth-order valence-electron chi connectivity index (χ4n) is 12.1. The molecule has 0 amide bonds. The largest absolute Gasteiger partial charge is 0.397 e. The zero-order valence-corrected chi connectivity index (χ0v) is 30.1. The topological polar surface area (TPSA) is 155 Å². The molecule has 0 spiro atoms. The summed E-state index contributed by atoms with van der Waals surface area (Å²) in [6.45, 7) is 15.9. The number of fused-ring (bicyclic) bond motifs is 10. The van der Waals surface area contributed by atoms with E-state index in [0.29, 0.717) is 30.1 Å². The number of hydrogen-bond donors (Lipinski definition) is 2. The van der Waals surface area contributed by atoms with Gasteiger partial charge in [-0.1, -0.05) is 48.0 Å². The van der Waals surface area contributed by atoms with E-state index in [1.54, 1.807) is 0 Å². The second-order valence-corrected chi connectivity index (χ2v) is 18.7. The van der Waals surface area contributed by atoms with Gasteiger partial charge in [0.25, 0.3) is 5.97 Å². The van der Waals surface area contributed by atoms with Crippen molar-refractivity contribution in [3.8, 4) is 0 Å². The van der Waals surface area contributed by atoms with Crippen LogP contribution in [0.2, 0.25) is 0 Å². The van der Waals surface area contributed by atoms with Gasteiger partial charge >= 0.3 is 20.8 Å². The molecule has 0 radical (unpaired) electrons. The Morgan fingerprint density at radius 1 is 0.870 bits per heavy atom. The first kappa shape index (κ1) is 35.4. The fourth-order valence-corrected chi connectivity index (χ4v) is 13.1. The summed E-state index contributed by atoms with van der Waals surface area (Å²) in [4.78, 5) is 0. The van der Waals surface area contributed by atoms with Crippen LogP contribution in [0.25, 0.3) is 0 Å². The van der Waals surface area contributed by atoms with Crippen molar-refractivity contribution < 1.29 is 48.5 Å². The van der Waals surface area contributed by atoms with Crippen molar-refractivity contribution in [3.05, 3.63) is 0 Å². The van der Waals surface area contributed by atoms with Gasteiger partial charge in [0.15, 0.2) is 0 Å². The van der Waals surface area contributed by atoms with Crippen LogP contribution in [-0.2, 0) is 43.4 Å². The molecule has 11 nitrogen and oxygen atoms in total. The van der Waals surface area contributed by atoms with Crippen molar-refractivity contribution in [2.24, 2.45) is 52.3 Å². The Morgan fingerprint density at radius 2 is 1.54 bits per heavy atom. The van der Waals surface area contributed by atoms with Gasteiger partial charge < -0.3 is 14.2 Å². The lowest BCUT2D eigenvalue weighted by Crippen LogP contribution is -2.61. The van der Waals surface area contributed by atoms with E-state index < -0.39 is 44.6 Å². The summed E-state index contributed by atoms with van der Waals surface area (Å²) in [6, 6.07) is 0. The van der Waals surface area contributed by atoms with Gasteiger partial charge in [-0.3, -0.25) is 9.11 Å². The van der Waals surface area contributed by atoms with Gasteiger partial charge in [-0.2, -0.15) is 16.8 Å². The van der Waals surface area contributed by atoms with E-state index in [-0.39, 0.29) is 53.6 Å². The Balaban J connectivity index is 1.30. The van der Waals surface area contributed by atoms with Crippen LogP contribution < -0.4 is 0 Å². The van der Waals surface area contributed by atoms with E-state index in [4.69, 9.17) is 22.6 Å². The first-order valence-electron chi connectivity index (χ1n) is 17.6. The van der Waals surface area contributed by atoms with Crippen molar-refractivity contribution in [3.63, 3.8) is 0 Å². The van der Waals surface area contributed by atoms with Gasteiger partial charge in [0, 0.05) is 12.3 Å². The van der Waals surface area contributed by atoms with Crippen molar-refractivity contribution in [2.75, 3.05) is 0 Å². The summed E-state index contributed by atoms with van der Waals surface area (Å²) in [5.74, 6) is 1.26. The van der Waals surface area contributed by atoms with Gasteiger partial charge in [-0.15, -0.1) is 0 Å². The molecule has 6 fully saturated rings. The summed E-state index contributed by atoms with van der Waals surface area (Å²) in [5.41, 5.74) is -0.881. The number of hydrogen-bond acceptors (Lipinski definition) is 9. The third-order valence-electron chi connectivity index (χ3n) is 14.0. The van der Waals surface area contributed by atoms with Crippen molar-refractivity contribution in [2.45, 2.75) is 155 Å². The molecule has 0 aromatic carbocycles. The molecule has 2 heterocycles. The second kappa shape index (κ2) is 11.9. The molecule has 2 saturated heterocycles. The van der Waals surface area contributed by atoms with Crippen molar-refractivity contribution >= 4 is 20.8 Å². The van der Waals surface area contributed by atoms with E-state index in [9.17, 15) is 25.9 Å². The minimum Gasteiger partial charge on any atom is -0.324 e. The average molecular weight is 693 g/mol. The summed E-state index contributed by atoms with van der Waals surface area (Å²) in [6.07, 6.45) is 6.17. The maximum absolute atomic E-state index is 11.8. The Hall–Kier alpha value is -0.380. The molecule has 6 rings (SSSR count). The first-order chi connectivity index (χ1) is 21.3. The Bertz CT molecular complexity index is 1370. The molecule has 0 aromatic rings. The van der Waals surface area contributed by atoms with Crippen LogP contribution in [0.4, 0.5) is 0 Å². The first-order valence-corrected chi connectivity index (χ1v) is 20.4. The van der Waals surface area contributed by atoms with Crippen LogP contribution in [0.3, 0.4) is 0 Å². The molecule has 1 unspecified atom stereocenters. The lowest BCUT2D eigenvalue weighted by molar-refractivity contribution is -0.403. The van der Waals surface area contributed by atoms with Crippen molar-refractivity contribution in [1.82, 2.24) is 0 Å². The normalized spacial score (nSPS) is 49.2. The Morgan fingerprint density at radius 3 is 2.15 bits per heavy atom. The van der Waals surface area contributed by atoms with Crippen LogP contribution >= 0.6 is 0 Å². The molecule has 2 N–H and O–H groups in total. The standard InChI is InChI=1S/C33H56O11S2/c1-8-13-33-40-26-17-24-22-11-10-21-16-25(42-45(34,35)36)27(43-46(37,38)39)18-31(21,6)23(22)12-14-30(24,5)29(26)32(7,44-33)28(41-33)15-20(9-2)19(3)4/h19-29H,8-18H2,1-7H3,(H,34,35,36)(H,37,38,39)/t20-,21+,22-,23+,24+,25+,26+,27+,28+,29+,30+,31+,32+,33?/m1/s1. The molecule has 4 aliphatic carbocycles. The summed E-state index contributed by atoms with van der Waals surface area (Å²) in [7, 11) is -9.74. The van der Waals surface area contributed by atoms with Crippen molar-refractivity contribution in [1.29, 1.82) is 0 Å². The molecule has 46 heavy (non-hydrogen) atoms. The van der Waals surface area contributed by atoms with E-state index in [1.807, 2.05) is 0 Å². The minimum atomic E-state index is -4.89. The van der Waals surface area contributed by atoms with Crippen LogP contribution in [0, 0.1) is 52.3 Å². The third-order valence-corrected chi connectivity index (χ3v) is 14.9. The zero-order chi connectivity index (χ0) is 33.7. The fraction of sp³-hybridized carbons (Fsp3) is 1.00. The van der Waals surface area contributed by atoms with E-state index in [1.165, 1.54) is 0 Å². The second-order valence-electron chi connectivity index (χ2n) is 16.6. The average Bonchev–Trinajstić information content (AvgIpc) is 3.33. The lowest BCUT2D eigenvalue weighted by Gasteiger charge is -2.62. The highest BCUT2D eigenvalue weighted by atomic mass is 32.3. The summed E-state index contributed by atoms with van der Waals surface area (Å²) in [5, 5.41) is 0. The van der Waals surface area contributed by atoms with E-state index >= 15 is 0 Å². The maximum atomic E-state index is 11.8. The van der Waals surface area contributed by atoms with Gasteiger partial charge in [-0.25, -0.2) is 8.37 Å². The van der Waals surface area contributed by atoms with Crippen LogP contribution in [-0.4, -0.2) is 61.9 Å². The van der Waals surface area contributed by atoms with Gasteiger partial charge in [0.05, 0.1) is 12.2 Å². The molecule has 14 atom stereocenters. The van der Waals surface area contributed by atoms with E-state index in [0.717, 1.165) is 51.4 Å². The van der Waals surface area contributed by atoms with Crippen LogP contribution in [0.5, 0.6) is 0 Å². The molecule has 6 aliphatic rings. The molecular weight excluding hydrogens is 636 g/mol. The van der Waals surface area contributed by atoms with E-state index in [2.05, 4.69) is 48.5 Å². The smallest absolute Gasteiger partial charge is 0.324 e. The van der Waals surface area contributed by atoms with Crippen LogP contribution in [0.1, 0.15) is 119 Å². The predicted molar refractivity (Wildman–Crippen MR) is 169 cm³/mol. The molecule has 266 valence electrons. The molecule has 0 aromatic heterocycles. The Kier molecular flexibility index (Phi) is 9.14. The SMILES string of the molecule is CCCC12O[C@H]3C[C@H]4[C@@H]5CC[C@H]6C[C@H](OS(=O)(=O)O)[C@@H](OS(=O)(=O)O)C[C@]6(C)[C@H]5CC[C@]4(C)[C@H]3[C@@](C)(O1)[C@H](C[C@@H](CC)C(C)C)O2. The highest BCUT2D eigenvalue weighted by Crippen LogP contribution is 2.72. The quantitative estimate of drug-likeness (QED) is 0.247. The maximum Gasteiger partial charge on any atom is 0.397 e. The molecule has 4 saturated carbocycles. The predicted octanol–water partition coefficient (Wildman–Crippen LogP) is 6.34. The highest BCUT2D eigenvalue weighted by Gasteiger charge is 2.74. The summed E-state index contributed by atoms with van der Waals surface area (Å²) < 4.78 is 96.8. The lowest BCUT2D eigenvalue weighted by atomic mass is 9.44. The summed E-state index contributed by atoms with van der Waals surface area (Å²) >= 11 is 0. The number of ether oxygens (including phenoxy) is 3. The third kappa shape index (κ3) is 5.93. The monoisotopic (exact) mass is 692 g/mol. The highest BCUT2D eigenvalue weighted by molar-refractivity contribution is 7.81. The Labute approximate surface area is 276 Å². The molecule has 2 bridgehead atoms.